The molecule has 0 saturated carbocycles. The lowest BCUT2D eigenvalue weighted by Gasteiger charge is -2.01. The van der Waals surface area contributed by atoms with Crippen LogP contribution in [0.4, 0.5) is 4.39 Å². The Hall–Kier alpha value is -1.64. The quantitative estimate of drug-likeness (QED) is 0.750. The molecule has 15 heavy (non-hydrogen) atoms. The van der Waals surface area contributed by atoms with E-state index in [1.807, 2.05) is 13.8 Å². The van der Waals surface area contributed by atoms with Crippen LogP contribution in [0.25, 0.3) is 10.9 Å². The molecule has 0 amide bonds. The molecule has 2 nitrogen and oxygen atoms in total. The summed E-state index contributed by atoms with van der Waals surface area (Å²) in [6.07, 6.45) is 1.65. The second-order valence-electron chi connectivity index (χ2n) is 3.91. The van der Waals surface area contributed by atoms with Crippen molar-refractivity contribution in [1.82, 2.24) is 4.98 Å². The highest BCUT2D eigenvalue weighted by molar-refractivity contribution is 6.08. The fourth-order valence-corrected chi connectivity index (χ4v) is 1.61. The Morgan fingerprint density at radius 3 is 2.80 bits per heavy atom. The molecule has 78 valence electrons. The molecule has 1 aromatic heterocycles. The third kappa shape index (κ3) is 1.65. The highest BCUT2D eigenvalue weighted by Crippen LogP contribution is 2.21. The van der Waals surface area contributed by atoms with Crippen LogP contribution in [-0.2, 0) is 0 Å². The summed E-state index contributed by atoms with van der Waals surface area (Å²) in [7, 11) is 0. The third-order valence-corrected chi connectivity index (χ3v) is 2.43. The summed E-state index contributed by atoms with van der Waals surface area (Å²) in [6.45, 7) is 3.67. The summed E-state index contributed by atoms with van der Waals surface area (Å²) in [5, 5.41) is 0.661. The van der Waals surface area contributed by atoms with Crippen LogP contribution in [-0.4, -0.2) is 10.8 Å². The Balaban J connectivity index is 2.62. The van der Waals surface area contributed by atoms with Crippen molar-refractivity contribution in [2.45, 2.75) is 13.8 Å². The minimum Gasteiger partial charge on any atom is -0.360 e. The first-order valence-corrected chi connectivity index (χ1v) is 4.90. The molecule has 0 aliphatic heterocycles. The highest BCUT2D eigenvalue weighted by atomic mass is 19.1. The average molecular weight is 205 g/mol. The van der Waals surface area contributed by atoms with Crippen molar-refractivity contribution in [3.05, 3.63) is 35.8 Å². The van der Waals surface area contributed by atoms with Gasteiger partial charge in [-0.05, 0) is 18.2 Å². The van der Waals surface area contributed by atoms with E-state index in [-0.39, 0.29) is 17.5 Å². The number of halogens is 1. The van der Waals surface area contributed by atoms with Crippen LogP contribution in [0.3, 0.4) is 0 Å². The minimum atomic E-state index is -0.320. The lowest BCUT2D eigenvalue weighted by atomic mass is 10.0. The summed E-state index contributed by atoms with van der Waals surface area (Å²) in [5.41, 5.74) is 1.36. The number of carbonyl (C=O) groups excluding carboxylic acids is 1. The van der Waals surface area contributed by atoms with E-state index in [1.165, 1.54) is 12.1 Å². The van der Waals surface area contributed by atoms with Crippen LogP contribution in [0.1, 0.15) is 24.2 Å². The summed E-state index contributed by atoms with van der Waals surface area (Å²) in [6, 6.07) is 4.41. The molecule has 2 aromatic rings. The summed E-state index contributed by atoms with van der Waals surface area (Å²) < 4.78 is 13.0. The molecule has 0 radical (unpaired) electrons. The first-order chi connectivity index (χ1) is 7.09. The predicted molar refractivity (Wildman–Crippen MR) is 57.4 cm³/mol. The van der Waals surface area contributed by atoms with Crippen molar-refractivity contribution in [1.29, 1.82) is 0 Å². The van der Waals surface area contributed by atoms with Crippen molar-refractivity contribution in [2.75, 3.05) is 0 Å². The molecule has 0 fully saturated rings. The molecule has 1 aromatic carbocycles. The molecule has 1 N–H and O–H groups in total. The van der Waals surface area contributed by atoms with Crippen LogP contribution in [0.5, 0.6) is 0 Å². The lowest BCUT2D eigenvalue weighted by molar-refractivity contribution is 0.0941. The lowest BCUT2D eigenvalue weighted by Crippen LogP contribution is -2.06. The molecule has 0 aliphatic carbocycles. The number of benzene rings is 1. The van der Waals surface area contributed by atoms with Crippen molar-refractivity contribution in [3.8, 4) is 0 Å². The molecule has 0 aliphatic rings. The van der Waals surface area contributed by atoms with Gasteiger partial charge in [-0.2, -0.15) is 0 Å². The second-order valence-corrected chi connectivity index (χ2v) is 3.91. The summed E-state index contributed by atoms with van der Waals surface area (Å²) >= 11 is 0. The normalized spacial score (nSPS) is 11.2. The molecule has 2 rings (SSSR count). The van der Waals surface area contributed by atoms with Gasteiger partial charge < -0.3 is 4.98 Å². The average Bonchev–Trinajstić information content (AvgIpc) is 2.59. The summed E-state index contributed by atoms with van der Waals surface area (Å²) in [4.78, 5) is 14.8. The van der Waals surface area contributed by atoms with Crippen LogP contribution < -0.4 is 0 Å². The number of ketones is 1. The van der Waals surface area contributed by atoms with E-state index in [4.69, 9.17) is 0 Å². The number of aromatic nitrogens is 1. The third-order valence-electron chi connectivity index (χ3n) is 2.43. The smallest absolute Gasteiger partial charge is 0.167 e. The van der Waals surface area contributed by atoms with Crippen LogP contribution in [0, 0.1) is 11.7 Å². The molecule has 1 heterocycles. The zero-order chi connectivity index (χ0) is 11.0. The number of rotatable bonds is 2. The number of nitrogens with one attached hydrogen (secondary N) is 1. The maximum Gasteiger partial charge on any atom is 0.167 e. The van der Waals surface area contributed by atoms with E-state index in [0.717, 1.165) is 5.52 Å². The van der Waals surface area contributed by atoms with Gasteiger partial charge in [-0.15, -0.1) is 0 Å². The Bertz CT molecular complexity index is 513. The van der Waals surface area contributed by atoms with Gasteiger partial charge in [0, 0.05) is 28.6 Å². The number of Topliss-reactive ketones (excluding diaryl/α,β-unsaturated/α-hetero) is 1. The molecule has 0 unspecified atom stereocenters. The zero-order valence-electron chi connectivity index (χ0n) is 8.67. The van der Waals surface area contributed by atoms with Gasteiger partial charge in [-0.3, -0.25) is 4.79 Å². The maximum absolute atomic E-state index is 13.0. The molecular formula is C12H12FNO. The van der Waals surface area contributed by atoms with Gasteiger partial charge >= 0.3 is 0 Å². The van der Waals surface area contributed by atoms with Crippen LogP contribution >= 0.6 is 0 Å². The van der Waals surface area contributed by atoms with E-state index in [2.05, 4.69) is 4.98 Å². The van der Waals surface area contributed by atoms with Crippen LogP contribution in [0.15, 0.2) is 24.4 Å². The van der Waals surface area contributed by atoms with Crippen molar-refractivity contribution in [3.63, 3.8) is 0 Å². The van der Waals surface area contributed by atoms with E-state index in [0.29, 0.717) is 10.9 Å². The fraction of sp³-hybridized carbons (Fsp3) is 0.250. The molecule has 0 atom stereocenters. The zero-order valence-corrected chi connectivity index (χ0v) is 8.67. The monoisotopic (exact) mass is 205 g/mol. The van der Waals surface area contributed by atoms with Crippen molar-refractivity contribution >= 4 is 16.7 Å². The summed E-state index contributed by atoms with van der Waals surface area (Å²) in [5.74, 6) is -0.362. The van der Waals surface area contributed by atoms with E-state index in [1.54, 1.807) is 12.3 Å². The number of hydrogen-bond donors (Lipinski definition) is 1. The van der Waals surface area contributed by atoms with Crippen LogP contribution in [0.2, 0.25) is 0 Å². The highest BCUT2D eigenvalue weighted by Gasteiger charge is 2.15. The van der Waals surface area contributed by atoms with Gasteiger partial charge in [-0.1, -0.05) is 13.8 Å². The second kappa shape index (κ2) is 3.50. The Morgan fingerprint density at radius 1 is 1.40 bits per heavy atom. The van der Waals surface area contributed by atoms with E-state index in [9.17, 15) is 9.18 Å². The largest absolute Gasteiger partial charge is 0.360 e. The SMILES string of the molecule is CC(C)C(=O)c1c[nH]c2ccc(F)cc12. The molecule has 0 saturated heterocycles. The van der Waals surface area contributed by atoms with Gasteiger partial charge in [0.15, 0.2) is 5.78 Å². The molecule has 0 spiro atoms. The molecule has 3 heteroatoms. The van der Waals surface area contributed by atoms with Gasteiger partial charge in [-0.25, -0.2) is 4.39 Å². The number of fused-ring (bicyclic) bond motifs is 1. The standard InChI is InChI=1S/C12H12FNO/c1-7(2)12(15)10-6-14-11-4-3-8(13)5-9(10)11/h3-7,14H,1-2H3. The number of H-pyrrole nitrogens is 1. The number of carbonyl (C=O) groups is 1. The Kier molecular flexibility index (Phi) is 2.31. The first kappa shape index (κ1) is 9.90. The van der Waals surface area contributed by atoms with Gasteiger partial charge in [0.25, 0.3) is 0 Å². The van der Waals surface area contributed by atoms with Crippen molar-refractivity contribution < 1.29 is 9.18 Å². The molecular weight excluding hydrogens is 193 g/mol. The van der Waals surface area contributed by atoms with E-state index >= 15 is 0 Å². The fourth-order valence-electron chi connectivity index (χ4n) is 1.61. The van der Waals surface area contributed by atoms with Gasteiger partial charge in [0.2, 0.25) is 0 Å². The Labute approximate surface area is 87.1 Å². The van der Waals surface area contributed by atoms with E-state index < -0.39 is 0 Å². The minimum absolute atomic E-state index is 0.0341. The number of aromatic amines is 1. The first-order valence-electron chi connectivity index (χ1n) is 4.90. The topological polar surface area (TPSA) is 32.9 Å². The molecule has 0 bridgehead atoms. The predicted octanol–water partition coefficient (Wildman–Crippen LogP) is 3.15. The maximum atomic E-state index is 13.0. The van der Waals surface area contributed by atoms with Gasteiger partial charge in [0.1, 0.15) is 5.82 Å². The number of hydrogen-bond acceptors (Lipinski definition) is 1. The van der Waals surface area contributed by atoms with Crippen molar-refractivity contribution in [2.24, 2.45) is 5.92 Å². The Morgan fingerprint density at radius 2 is 2.13 bits per heavy atom. The van der Waals surface area contributed by atoms with Gasteiger partial charge in [0.05, 0.1) is 0 Å².